The first-order valence-corrected chi connectivity index (χ1v) is 9.93. The van der Waals surface area contributed by atoms with Crippen LogP contribution in [0.4, 0.5) is 5.69 Å². The standard InChI is InChI=1S/C22H23N3O3S/c1-14-5-9-17(10-6-14)24-19(26)13-25(3)22(27)20-15(2)23-21(29-20)16-7-11-18(28-4)12-8-16/h5-12H,13H2,1-4H3,(H,24,26). The zero-order chi connectivity index (χ0) is 21.0. The minimum absolute atomic E-state index is 0.0398. The number of nitrogens with zero attached hydrogens (tertiary/aromatic N) is 2. The fraction of sp³-hybridized carbons (Fsp3) is 0.227. The predicted octanol–water partition coefficient (Wildman–Crippen LogP) is 4.15. The lowest BCUT2D eigenvalue weighted by molar-refractivity contribution is -0.116. The third-order valence-corrected chi connectivity index (χ3v) is 5.59. The lowest BCUT2D eigenvalue weighted by Crippen LogP contribution is -2.34. The van der Waals surface area contributed by atoms with E-state index in [4.69, 9.17) is 4.74 Å². The van der Waals surface area contributed by atoms with E-state index in [2.05, 4.69) is 10.3 Å². The van der Waals surface area contributed by atoms with E-state index in [9.17, 15) is 9.59 Å². The molecule has 3 rings (SSSR count). The second kappa shape index (κ2) is 8.87. The van der Waals surface area contributed by atoms with Crippen molar-refractivity contribution in [2.75, 3.05) is 26.0 Å². The molecule has 0 aliphatic carbocycles. The number of aromatic nitrogens is 1. The summed E-state index contributed by atoms with van der Waals surface area (Å²) < 4.78 is 5.17. The fourth-order valence-corrected chi connectivity index (χ4v) is 3.82. The van der Waals surface area contributed by atoms with Crippen LogP contribution in [0.1, 0.15) is 20.9 Å². The van der Waals surface area contributed by atoms with Crippen LogP contribution in [0.25, 0.3) is 10.6 Å². The van der Waals surface area contributed by atoms with Crippen molar-refractivity contribution in [3.8, 4) is 16.3 Å². The monoisotopic (exact) mass is 409 g/mol. The van der Waals surface area contributed by atoms with Crippen molar-refractivity contribution < 1.29 is 14.3 Å². The molecule has 3 aromatic rings. The first-order chi connectivity index (χ1) is 13.9. The lowest BCUT2D eigenvalue weighted by Gasteiger charge is -2.16. The first kappa shape index (κ1) is 20.5. The minimum Gasteiger partial charge on any atom is -0.497 e. The molecule has 0 fully saturated rings. The number of rotatable bonds is 6. The molecule has 2 amide bonds. The summed E-state index contributed by atoms with van der Waals surface area (Å²) in [6.07, 6.45) is 0. The van der Waals surface area contributed by atoms with Gasteiger partial charge in [0.25, 0.3) is 5.91 Å². The molecule has 0 radical (unpaired) electrons. The number of anilines is 1. The summed E-state index contributed by atoms with van der Waals surface area (Å²) in [5.41, 5.74) is 3.38. The third-order valence-electron chi connectivity index (χ3n) is 4.39. The van der Waals surface area contributed by atoms with Gasteiger partial charge in [0.1, 0.15) is 15.6 Å². The molecule has 0 spiro atoms. The molecule has 0 unspecified atom stereocenters. The number of hydrogen-bond acceptors (Lipinski definition) is 5. The zero-order valence-electron chi connectivity index (χ0n) is 16.9. The van der Waals surface area contributed by atoms with Crippen molar-refractivity contribution in [1.82, 2.24) is 9.88 Å². The van der Waals surface area contributed by atoms with Gasteiger partial charge in [-0.1, -0.05) is 17.7 Å². The molecule has 0 saturated heterocycles. The number of hydrogen-bond donors (Lipinski definition) is 1. The number of methoxy groups -OCH3 is 1. The summed E-state index contributed by atoms with van der Waals surface area (Å²) in [4.78, 5) is 31.6. The van der Waals surface area contributed by atoms with Crippen LogP contribution in [0.2, 0.25) is 0 Å². The summed E-state index contributed by atoms with van der Waals surface area (Å²) in [7, 11) is 3.23. The predicted molar refractivity (Wildman–Crippen MR) is 116 cm³/mol. The highest BCUT2D eigenvalue weighted by molar-refractivity contribution is 7.17. The molecular weight excluding hydrogens is 386 g/mol. The maximum atomic E-state index is 12.8. The van der Waals surface area contributed by atoms with Crippen molar-refractivity contribution >= 4 is 28.8 Å². The summed E-state index contributed by atoms with van der Waals surface area (Å²) in [6, 6.07) is 15.0. The van der Waals surface area contributed by atoms with Crippen LogP contribution in [0.3, 0.4) is 0 Å². The minimum atomic E-state index is -0.248. The third kappa shape index (κ3) is 5.00. The van der Waals surface area contributed by atoms with Crippen LogP contribution in [0.15, 0.2) is 48.5 Å². The van der Waals surface area contributed by atoms with E-state index in [0.29, 0.717) is 16.3 Å². The molecule has 1 heterocycles. The van der Waals surface area contributed by atoms with Gasteiger partial charge in [-0.3, -0.25) is 9.59 Å². The Morgan fingerprint density at radius 3 is 2.34 bits per heavy atom. The normalized spacial score (nSPS) is 10.5. The molecule has 2 aromatic carbocycles. The van der Waals surface area contributed by atoms with Gasteiger partial charge in [-0.05, 0) is 50.2 Å². The van der Waals surface area contributed by atoms with Crippen LogP contribution in [-0.4, -0.2) is 42.4 Å². The molecule has 29 heavy (non-hydrogen) atoms. The van der Waals surface area contributed by atoms with Crippen molar-refractivity contribution in [3.63, 3.8) is 0 Å². The second-order valence-electron chi connectivity index (χ2n) is 6.74. The van der Waals surface area contributed by atoms with Crippen LogP contribution < -0.4 is 10.1 Å². The van der Waals surface area contributed by atoms with Gasteiger partial charge in [0.05, 0.1) is 19.3 Å². The van der Waals surface area contributed by atoms with Crippen molar-refractivity contribution in [3.05, 3.63) is 64.7 Å². The summed E-state index contributed by atoms with van der Waals surface area (Å²) >= 11 is 1.32. The average Bonchev–Trinajstić information content (AvgIpc) is 3.10. The quantitative estimate of drug-likeness (QED) is 0.664. The number of nitrogens with one attached hydrogen (secondary N) is 1. The smallest absolute Gasteiger partial charge is 0.266 e. The van der Waals surface area contributed by atoms with E-state index in [1.807, 2.05) is 55.5 Å². The Labute approximate surface area is 174 Å². The van der Waals surface area contributed by atoms with E-state index in [0.717, 1.165) is 21.9 Å². The van der Waals surface area contributed by atoms with Gasteiger partial charge in [0, 0.05) is 18.3 Å². The summed E-state index contributed by atoms with van der Waals surface area (Å²) in [5, 5.41) is 3.56. The molecule has 1 aromatic heterocycles. The number of thiazole rings is 1. The number of benzene rings is 2. The number of likely N-dealkylation sites (N-methyl/N-ethyl adjacent to an activating group) is 1. The Balaban J connectivity index is 1.68. The first-order valence-electron chi connectivity index (χ1n) is 9.11. The molecule has 1 N–H and O–H groups in total. The Kier molecular flexibility index (Phi) is 6.29. The van der Waals surface area contributed by atoms with Crippen LogP contribution in [0.5, 0.6) is 5.75 Å². The van der Waals surface area contributed by atoms with Gasteiger partial charge in [-0.2, -0.15) is 0 Å². The second-order valence-corrected chi connectivity index (χ2v) is 7.74. The van der Waals surface area contributed by atoms with E-state index < -0.39 is 0 Å². The Morgan fingerprint density at radius 1 is 1.07 bits per heavy atom. The van der Waals surface area contributed by atoms with Crippen LogP contribution >= 0.6 is 11.3 Å². The van der Waals surface area contributed by atoms with Gasteiger partial charge in [-0.25, -0.2) is 4.98 Å². The van der Waals surface area contributed by atoms with Crippen molar-refractivity contribution in [2.24, 2.45) is 0 Å². The molecule has 7 heteroatoms. The number of carbonyl (C=O) groups is 2. The Bertz CT molecular complexity index is 1010. The Morgan fingerprint density at radius 2 is 1.72 bits per heavy atom. The maximum Gasteiger partial charge on any atom is 0.266 e. The highest BCUT2D eigenvalue weighted by Gasteiger charge is 2.21. The highest BCUT2D eigenvalue weighted by Crippen LogP contribution is 2.29. The number of aryl methyl sites for hydroxylation is 2. The van der Waals surface area contributed by atoms with Crippen molar-refractivity contribution in [1.29, 1.82) is 0 Å². The van der Waals surface area contributed by atoms with Gasteiger partial charge in [0.2, 0.25) is 5.91 Å². The van der Waals surface area contributed by atoms with Crippen LogP contribution in [-0.2, 0) is 4.79 Å². The maximum absolute atomic E-state index is 12.8. The van der Waals surface area contributed by atoms with Gasteiger partial charge in [0.15, 0.2) is 0 Å². The molecule has 0 bridgehead atoms. The number of ether oxygens (including phenoxy) is 1. The number of carbonyl (C=O) groups excluding carboxylic acids is 2. The molecule has 0 aliphatic rings. The van der Waals surface area contributed by atoms with E-state index in [1.165, 1.54) is 16.2 Å². The highest BCUT2D eigenvalue weighted by atomic mass is 32.1. The molecular formula is C22H23N3O3S. The fourth-order valence-electron chi connectivity index (χ4n) is 2.75. The summed E-state index contributed by atoms with van der Waals surface area (Å²) in [6.45, 7) is 3.74. The van der Waals surface area contributed by atoms with Gasteiger partial charge in [-0.15, -0.1) is 11.3 Å². The van der Waals surface area contributed by atoms with Gasteiger partial charge >= 0.3 is 0 Å². The van der Waals surface area contributed by atoms with Crippen molar-refractivity contribution in [2.45, 2.75) is 13.8 Å². The number of amides is 2. The Hall–Kier alpha value is -3.19. The topological polar surface area (TPSA) is 71.5 Å². The van der Waals surface area contributed by atoms with E-state index >= 15 is 0 Å². The molecule has 0 aliphatic heterocycles. The summed E-state index contributed by atoms with van der Waals surface area (Å²) in [5.74, 6) is 0.290. The molecule has 6 nitrogen and oxygen atoms in total. The van der Waals surface area contributed by atoms with E-state index in [1.54, 1.807) is 21.1 Å². The molecule has 0 saturated carbocycles. The molecule has 150 valence electrons. The van der Waals surface area contributed by atoms with E-state index in [-0.39, 0.29) is 18.4 Å². The average molecular weight is 410 g/mol. The lowest BCUT2D eigenvalue weighted by atomic mass is 10.2. The molecule has 0 atom stereocenters. The van der Waals surface area contributed by atoms with Gasteiger partial charge < -0.3 is 15.0 Å². The zero-order valence-corrected chi connectivity index (χ0v) is 17.7. The largest absolute Gasteiger partial charge is 0.497 e. The van der Waals surface area contributed by atoms with Crippen LogP contribution in [0, 0.1) is 13.8 Å². The SMILES string of the molecule is COc1ccc(-c2nc(C)c(C(=O)N(C)CC(=O)Nc3ccc(C)cc3)s2)cc1.